The number of halogens is 1. The molecule has 3 N–H and O–H groups in total. The van der Waals surface area contributed by atoms with Gasteiger partial charge in [0.05, 0.1) is 22.9 Å². The van der Waals surface area contributed by atoms with Crippen LogP contribution >= 0.6 is 0 Å². The second-order valence-corrected chi connectivity index (χ2v) is 10.8. The summed E-state index contributed by atoms with van der Waals surface area (Å²) in [6.07, 6.45) is 10.5. The second-order valence-electron chi connectivity index (χ2n) is 10.8. The minimum absolute atomic E-state index is 0.0704. The van der Waals surface area contributed by atoms with Crippen LogP contribution in [0, 0.1) is 18.7 Å². The zero-order chi connectivity index (χ0) is 27.9. The van der Waals surface area contributed by atoms with E-state index in [0.29, 0.717) is 28.4 Å². The fraction of sp³-hybridized carbons (Fsp3) is 0.219. The molecule has 1 aliphatic carbocycles. The lowest BCUT2D eigenvalue weighted by atomic mass is 9.88. The molecule has 0 atom stereocenters. The number of hydrogen-bond acceptors (Lipinski definition) is 5. The van der Waals surface area contributed by atoms with Crippen LogP contribution in [0.25, 0.3) is 55.8 Å². The number of anilines is 1. The van der Waals surface area contributed by atoms with E-state index >= 15 is 0 Å². The van der Waals surface area contributed by atoms with Gasteiger partial charge >= 0.3 is 0 Å². The average Bonchev–Trinajstić information content (AvgIpc) is 3.61. The van der Waals surface area contributed by atoms with Gasteiger partial charge in [0.25, 0.3) is 0 Å². The van der Waals surface area contributed by atoms with Gasteiger partial charge in [0.15, 0.2) is 11.5 Å². The van der Waals surface area contributed by atoms with Crippen LogP contribution in [0.4, 0.5) is 10.1 Å². The van der Waals surface area contributed by atoms with Gasteiger partial charge in [0.1, 0.15) is 11.5 Å². The first kappa shape index (κ1) is 25.1. The van der Waals surface area contributed by atoms with Crippen molar-refractivity contribution in [1.82, 2.24) is 30.1 Å². The highest BCUT2D eigenvalue weighted by Gasteiger charge is 2.21. The Morgan fingerprint density at radius 2 is 1.85 bits per heavy atom. The van der Waals surface area contributed by atoms with Crippen LogP contribution in [0.2, 0.25) is 0 Å². The van der Waals surface area contributed by atoms with Gasteiger partial charge in [-0.3, -0.25) is 14.9 Å². The Balaban J connectivity index is 1.23. The number of benzene rings is 2. The first-order chi connectivity index (χ1) is 20.0. The molecule has 204 valence electrons. The fourth-order valence-electron chi connectivity index (χ4n) is 5.80. The molecule has 0 saturated heterocycles. The third-order valence-electron chi connectivity index (χ3n) is 7.85. The molecule has 7 rings (SSSR count). The van der Waals surface area contributed by atoms with Crippen molar-refractivity contribution >= 4 is 33.7 Å². The Kier molecular flexibility index (Phi) is 6.26. The largest absolute Gasteiger partial charge is 0.335 e. The van der Waals surface area contributed by atoms with E-state index < -0.39 is 0 Å². The highest BCUT2D eigenvalue weighted by atomic mass is 19.1. The van der Waals surface area contributed by atoms with E-state index in [-0.39, 0.29) is 17.6 Å². The molecule has 0 aliphatic heterocycles. The van der Waals surface area contributed by atoms with E-state index in [9.17, 15) is 9.18 Å². The molecule has 1 fully saturated rings. The van der Waals surface area contributed by atoms with E-state index in [2.05, 4.69) is 30.5 Å². The summed E-state index contributed by atoms with van der Waals surface area (Å²) in [5, 5.41) is 11.6. The molecule has 9 heteroatoms. The molecule has 1 saturated carbocycles. The molecule has 41 heavy (non-hydrogen) atoms. The molecular weight excluding hydrogens is 517 g/mol. The molecular formula is C32H28FN7O. The number of amides is 1. The quantitative estimate of drug-likeness (QED) is 0.212. The lowest BCUT2D eigenvalue weighted by Gasteiger charge is -2.20. The minimum atomic E-state index is -0.289. The number of H-pyrrole nitrogens is 2. The number of carbonyl (C=O) groups is 1. The standard InChI is InChI=1S/C32H28FN7O/c1-18-11-21(13-23(33)12-18)25-9-10-35-30-28(25)37-31(38-30)29-26-15-20(7-8-27(26)39-40-29)22-14-24(17-34-16-22)36-32(41)19-5-3-2-4-6-19/h7-17,19H,2-6H2,1H3,(H,36,41)(H,39,40)(H,35,37,38). The maximum absolute atomic E-state index is 14.2. The first-order valence-electron chi connectivity index (χ1n) is 13.9. The third-order valence-corrected chi connectivity index (χ3v) is 7.85. The van der Waals surface area contributed by atoms with Crippen LogP contribution < -0.4 is 5.32 Å². The molecule has 0 unspecified atom stereocenters. The highest BCUT2D eigenvalue weighted by molar-refractivity contribution is 5.98. The Morgan fingerprint density at radius 3 is 2.71 bits per heavy atom. The molecule has 2 aromatic carbocycles. The van der Waals surface area contributed by atoms with Crippen molar-refractivity contribution in [1.29, 1.82) is 0 Å². The zero-order valence-electron chi connectivity index (χ0n) is 22.5. The average molecular weight is 546 g/mol. The summed E-state index contributed by atoms with van der Waals surface area (Å²) in [6.45, 7) is 1.87. The SMILES string of the molecule is Cc1cc(F)cc(-c2ccnc3nc(-c4n[nH]c5ccc(-c6cncc(NC(=O)C7CCCCC7)c6)cc45)[nH]c23)c1. The Hall–Kier alpha value is -4.92. The first-order valence-corrected chi connectivity index (χ1v) is 13.9. The maximum Gasteiger partial charge on any atom is 0.227 e. The van der Waals surface area contributed by atoms with Crippen molar-refractivity contribution in [2.24, 2.45) is 5.92 Å². The van der Waals surface area contributed by atoms with Crippen molar-refractivity contribution in [3.05, 3.63) is 78.5 Å². The summed E-state index contributed by atoms with van der Waals surface area (Å²) >= 11 is 0. The number of aromatic amines is 2. The molecule has 6 aromatic rings. The number of imidazole rings is 1. The number of nitrogens with zero attached hydrogens (tertiary/aromatic N) is 4. The number of aromatic nitrogens is 6. The van der Waals surface area contributed by atoms with Crippen LogP contribution in [0.15, 0.2) is 67.1 Å². The minimum Gasteiger partial charge on any atom is -0.335 e. The smallest absolute Gasteiger partial charge is 0.227 e. The van der Waals surface area contributed by atoms with Gasteiger partial charge in [-0.2, -0.15) is 5.10 Å². The molecule has 0 bridgehead atoms. The van der Waals surface area contributed by atoms with Crippen molar-refractivity contribution in [2.45, 2.75) is 39.0 Å². The van der Waals surface area contributed by atoms with Gasteiger partial charge in [-0.25, -0.2) is 14.4 Å². The van der Waals surface area contributed by atoms with Gasteiger partial charge in [-0.1, -0.05) is 31.4 Å². The number of rotatable bonds is 5. The molecule has 4 heterocycles. The predicted molar refractivity (Wildman–Crippen MR) is 158 cm³/mol. The normalized spacial score (nSPS) is 14.1. The van der Waals surface area contributed by atoms with Gasteiger partial charge in [0, 0.05) is 34.8 Å². The Morgan fingerprint density at radius 1 is 0.976 bits per heavy atom. The summed E-state index contributed by atoms with van der Waals surface area (Å²) in [4.78, 5) is 29.7. The molecule has 1 aliphatic rings. The van der Waals surface area contributed by atoms with E-state index in [1.807, 2.05) is 43.3 Å². The van der Waals surface area contributed by atoms with Crippen LogP contribution in [0.1, 0.15) is 37.7 Å². The summed E-state index contributed by atoms with van der Waals surface area (Å²) in [6, 6.07) is 14.8. The fourth-order valence-corrected chi connectivity index (χ4v) is 5.80. The summed E-state index contributed by atoms with van der Waals surface area (Å²) in [5.74, 6) is 0.411. The van der Waals surface area contributed by atoms with Gasteiger partial charge < -0.3 is 10.3 Å². The molecule has 4 aromatic heterocycles. The number of hydrogen-bond donors (Lipinski definition) is 3. The van der Waals surface area contributed by atoms with E-state index in [1.54, 1.807) is 18.6 Å². The summed E-state index contributed by atoms with van der Waals surface area (Å²) < 4.78 is 14.2. The summed E-state index contributed by atoms with van der Waals surface area (Å²) in [5.41, 5.74) is 7.66. The van der Waals surface area contributed by atoms with Crippen molar-refractivity contribution in [3.8, 4) is 33.8 Å². The molecule has 0 spiro atoms. The molecule has 0 radical (unpaired) electrons. The lowest BCUT2D eigenvalue weighted by Crippen LogP contribution is -2.24. The zero-order valence-corrected chi connectivity index (χ0v) is 22.5. The molecule has 8 nitrogen and oxygen atoms in total. The number of aryl methyl sites for hydroxylation is 1. The molecule has 1 amide bonds. The van der Waals surface area contributed by atoms with Crippen molar-refractivity contribution < 1.29 is 9.18 Å². The van der Waals surface area contributed by atoms with Gasteiger partial charge in [-0.15, -0.1) is 0 Å². The third kappa shape index (κ3) is 4.84. The monoisotopic (exact) mass is 545 g/mol. The number of nitrogens with one attached hydrogen (secondary N) is 3. The maximum atomic E-state index is 14.2. The van der Waals surface area contributed by atoms with Gasteiger partial charge in [0.2, 0.25) is 5.91 Å². The van der Waals surface area contributed by atoms with E-state index in [0.717, 1.165) is 64.4 Å². The predicted octanol–water partition coefficient (Wildman–Crippen LogP) is 7.20. The lowest BCUT2D eigenvalue weighted by molar-refractivity contribution is -0.120. The van der Waals surface area contributed by atoms with E-state index in [1.165, 1.54) is 18.6 Å². The summed E-state index contributed by atoms with van der Waals surface area (Å²) in [7, 11) is 0. The van der Waals surface area contributed by atoms with Crippen LogP contribution in [0.3, 0.4) is 0 Å². The Labute approximate surface area is 235 Å². The van der Waals surface area contributed by atoms with Crippen LogP contribution in [-0.4, -0.2) is 36.0 Å². The van der Waals surface area contributed by atoms with Crippen molar-refractivity contribution in [3.63, 3.8) is 0 Å². The Bertz CT molecular complexity index is 1900. The number of fused-ring (bicyclic) bond motifs is 2. The number of pyridine rings is 2. The van der Waals surface area contributed by atoms with Crippen LogP contribution in [-0.2, 0) is 4.79 Å². The van der Waals surface area contributed by atoms with Crippen LogP contribution in [0.5, 0.6) is 0 Å². The van der Waals surface area contributed by atoms with Crippen molar-refractivity contribution in [2.75, 3.05) is 5.32 Å². The number of carbonyl (C=O) groups excluding carboxylic acids is 1. The van der Waals surface area contributed by atoms with Gasteiger partial charge in [-0.05, 0) is 72.9 Å². The van der Waals surface area contributed by atoms with E-state index in [4.69, 9.17) is 4.98 Å². The topological polar surface area (TPSA) is 112 Å². The highest BCUT2D eigenvalue weighted by Crippen LogP contribution is 2.33. The second kappa shape index (κ2) is 10.2.